The number of ether oxygens (including phenoxy) is 7. The van der Waals surface area contributed by atoms with E-state index in [0.717, 1.165) is 27.7 Å². The highest BCUT2D eigenvalue weighted by atomic mass is 16.7. The number of aliphatic hydroxyl groups excluding tert-OH is 1. The summed E-state index contributed by atoms with van der Waals surface area (Å²) in [4.78, 5) is 77.6. The van der Waals surface area contributed by atoms with Crippen molar-refractivity contribution in [1.82, 2.24) is 0 Å². The van der Waals surface area contributed by atoms with Crippen LogP contribution in [0.2, 0.25) is 0 Å². The first-order chi connectivity index (χ1) is 22.3. The van der Waals surface area contributed by atoms with Gasteiger partial charge < -0.3 is 43.4 Å². The summed E-state index contributed by atoms with van der Waals surface area (Å²) < 4.78 is 41.1. The van der Waals surface area contributed by atoms with Crippen LogP contribution in [-0.4, -0.2) is 107 Å². The summed E-state index contributed by atoms with van der Waals surface area (Å²) >= 11 is 0. The Labute approximate surface area is 277 Å². The smallest absolute Gasteiger partial charge is 0.312 e. The third kappa shape index (κ3) is 6.59. The maximum absolute atomic E-state index is 13.3. The van der Waals surface area contributed by atoms with E-state index in [1.54, 1.807) is 13.8 Å². The van der Waals surface area contributed by atoms with E-state index in [0.29, 0.717) is 0 Å². The zero-order valence-electron chi connectivity index (χ0n) is 28.3. The van der Waals surface area contributed by atoms with Crippen molar-refractivity contribution in [3.05, 3.63) is 23.8 Å². The first kappa shape index (κ1) is 37.0. The van der Waals surface area contributed by atoms with Gasteiger partial charge in [-0.1, -0.05) is 26.8 Å². The van der Waals surface area contributed by atoms with Gasteiger partial charge in [0.1, 0.15) is 17.8 Å². The minimum absolute atomic E-state index is 0.0636. The topological polar surface area (TPSA) is 211 Å². The largest absolute Gasteiger partial charge is 0.459 e. The molecule has 0 amide bonds. The number of hydrogen-bond donors (Lipinski definition) is 2. The Morgan fingerprint density at radius 1 is 0.917 bits per heavy atom. The SMILES string of the molecule is CC(=O)O[C@H]1[C@@H](OC(=O)CC(C)C)[C@]2(CO2)[C@@H]2[C@H](OC(C)=O)[C@@]3(O)[C@H](/C=C(CO)\C=C/[C@@H](OC(C)=O)[C@@]2(C)[C@H]1OC(C)=O)OC(=O)[C@@H]3C. The van der Waals surface area contributed by atoms with Crippen LogP contribution in [0.15, 0.2) is 23.8 Å². The summed E-state index contributed by atoms with van der Waals surface area (Å²) in [6.07, 6.45) is -5.44. The quantitative estimate of drug-likeness (QED) is 0.207. The van der Waals surface area contributed by atoms with E-state index < -0.39 is 107 Å². The molecule has 4 rings (SSSR count). The second-order valence-electron chi connectivity index (χ2n) is 13.5. The average Bonchev–Trinajstić information content (AvgIpc) is 3.71. The predicted octanol–water partition coefficient (Wildman–Crippen LogP) is 0.857. The van der Waals surface area contributed by atoms with Gasteiger partial charge in [-0.15, -0.1) is 0 Å². The highest BCUT2D eigenvalue weighted by Gasteiger charge is 2.81. The number of hydrogen-bond acceptors (Lipinski definition) is 15. The lowest BCUT2D eigenvalue weighted by Gasteiger charge is -2.59. The van der Waals surface area contributed by atoms with Gasteiger partial charge in [-0.05, 0) is 30.6 Å². The van der Waals surface area contributed by atoms with Crippen molar-refractivity contribution in [1.29, 1.82) is 0 Å². The summed E-state index contributed by atoms with van der Waals surface area (Å²) in [5.41, 5.74) is -5.86. The third-order valence-electron chi connectivity index (χ3n) is 9.53. The fourth-order valence-electron chi connectivity index (χ4n) is 7.46. The van der Waals surface area contributed by atoms with Crippen molar-refractivity contribution in [2.45, 2.75) is 110 Å². The van der Waals surface area contributed by atoms with Gasteiger partial charge in [-0.25, -0.2) is 0 Å². The minimum atomic E-state index is -2.39. The molecule has 15 nitrogen and oxygen atoms in total. The van der Waals surface area contributed by atoms with Crippen molar-refractivity contribution < 1.29 is 72.1 Å². The fourth-order valence-corrected chi connectivity index (χ4v) is 7.46. The molecule has 0 radical (unpaired) electrons. The van der Waals surface area contributed by atoms with E-state index in [1.165, 1.54) is 32.1 Å². The molecule has 48 heavy (non-hydrogen) atoms. The van der Waals surface area contributed by atoms with Crippen LogP contribution >= 0.6 is 0 Å². The van der Waals surface area contributed by atoms with Crippen LogP contribution in [0.4, 0.5) is 0 Å². The Hall–Kier alpha value is -3.82. The Balaban J connectivity index is 2.15. The number of esters is 6. The first-order valence-corrected chi connectivity index (χ1v) is 15.8. The van der Waals surface area contributed by atoms with Crippen molar-refractivity contribution >= 4 is 35.8 Å². The molecule has 2 saturated heterocycles. The van der Waals surface area contributed by atoms with E-state index in [2.05, 4.69) is 0 Å². The maximum atomic E-state index is 13.3. The van der Waals surface area contributed by atoms with Gasteiger partial charge in [0, 0.05) is 40.0 Å². The van der Waals surface area contributed by atoms with Gasteiger partial charge in [0.15, 0.2) is 30.0 Å². The Morgan fingerprint density at radius 2 is 1.48 bits per heavy atom. The molecule has 0 aromatic rings. The second-order valence-corrected chi connectivity index (χ2v) is 13.5. The normalized spacial score (nSPS) is 40.2. The standard InChI is InChI=1S/C33H44O15/c1-15(2)11-24(39)48-28-25(44-18(5)36)27(45-19(6)37)31(8)22(43-17(4)35)10-9-21(13-34)12-23-33(41,16(3)30(40)47-23)29(46-20(7)38)26(31)32(28)14-42-32/h9-10,12,15-16,22-23,25-29,34,41H,11,13-14H2,1-8H3/b10-9-,21-12+/t16-,22+,23-,25+,26+,27-,28+,29-,31+,32-,33-/m0/s1. The van der Waals surface area contributed by atoms with E-state index in [4.69, 9.17) is 33.2 Å². The number of epoxide rings is 1. The summed E-state index contributed by atoms with van der Waals surface area (Å²) in [6, 6.07) is 0. The van der Waals surface area contributed by atoms with Gasteiger partial charge >= 0.3 is 35.8 Å². The van der Waals surface area contributed by atoms with Gasteiger partial charge in [0.2, 0.25) is 0 Å². The van der Waals surface area contributed by atoms with Crippen LogP contribution in [0.3, 0.4) is 0 Å². The number of carbonyl (C=O) groups excluding carboxylic acids is 6. The van der Waals surface area contributed by atoms with Crippen LogP contribution in [0.25, 0.3) is 0 Å². The van der Waals surface area contributed by atoms with E-state index in [1.807, 2.05) is 0 Å². The average molecular weight is 681 g/mol. The molecule has 0 bridgehead atoms. The lowest BCUT2D eigenvalue weighted by molar-refractivity contribution is -0.279. The highest BCUT2D eigenvalue weighted by molar-refractivity contribution is 5.78. The fraction of sp³-hybridized carbons (Fsp3) is 0.697. The number of aliphatic hydroxyl groups is 2. The lowest BCUT2D eigenvalue weighted by Crippen LogP contribution is -2.76. The molecule has 3 fully saturated rings. The zero-order chi connectivity index (χ0) is 35.9. The molecule has 2 aliphatic carbocycles. The maximum Gasteiger partial charge on any atom is 0.312 e. The zero-order valence-corrected chi connectivity index (χ0v) is 28.3. The van der Waals surface area contributed by atoms with Crippen molar-refractivity contribution in [3.63, 3.8) is 0 Å². The summed E-state index contributed by atoms with van der Waals surface area (Å²) in [6.45, 7) is 9.97. The molecule has 11 atom stereocenters. The monoisotopic (exact) mass is 680 g/mol. The molecular weight excluding hydrogens is 636 g/mol. The minimum Gasteiger partial charge on any atom is -0.459 e. The molecule has 4 aliphatic rings. The van der Waals surface area contributed by atoms with Crippen molar-refractivity contribution in [3.8, 4) is 0 Å². The Morgan fingerprint density at radius 3 is 1.98 bits per heavy atom. The number of carbonyl (C=O) groups is 6. The van der Waals surface area contributed by atoms with Crippen molar-refractivity contribution in [2.75, 3.05) is 13.2 Å². The molecule has 1 spiro atoms. The highest BCUT2D eigenvalue weighted by Crippen LogP contribution is 2.63. The molecule has 0 aromatic carbocycles. The van der Waals surface area contributed by atoms with E-state index in [-0.39, 0.29) is 24.5 Å². The predicted molar refractivity (Wildman–Crippen MR) is 160 cm³/mol. The van der Waals surface area contributed by atoms with Crippen LogP contribution in [0.5, 0.6) is 0 Å². The Bertz CT molecular complexity index is 1390. The second kappa shape index (κ2) is 13.6. The Kier molecular flexibility index (Phi) is 10.5. The summed E-state index contributed by atoms with van der Waals surface area (Å²) in [5, 5.41) is 22.9. The van der Waals surface area contributed by atoms with Crippen LogP contribution < -0.4 is 0 Å². The van der Waals surface area contributed by atoms with Crippen LogP contribution in [0, 0.1) is 23.2 Å². The molecule has 15 heteroatoms. The van der Waals surface area contributed by atoms with Crippen LogP contribution in [0.1, 0.15) is 61.8 Å². The molecule has 2 heterocycles. The lowest BCUT2D eigenvalue weighted by atomic mass is 9.51. The molecule has 0 aromatic heterocycles. The summed E-state index contributed by atoms with van der Waals surface area (Å²) in [5.74, 6) is -7.93. The van der Waals surface area contributed by atoms with Crippen LogP contribution in [-0.2, 0) is 61.9 Å². The summed E-state index contributed by atoms with van der Waals surface area (Å²) in [7, 11) is 0. The third-order valence-corrected chi connectivity index (χ3v) is 9.53. The number of fused-ring (bicyclic) bond motifs is 3. The molecule has 2 N–H and O–H groups in total. The van der Waals surface area contributed by atoms with Gasteiger partial charge in [-0.3, -0.25) is 28.8 Å². The van der Waals surface area contributed by atoms with E-state index in [9.17, 15) is 39.0 Å². The molecule has 266 valence electrons. The molecule has 0 unspecified atom stereocenters. The van der Waals surface area contributed by atoms with E-state index >= 15 is 0 Å². The van der Waals surface area contributed by atoms with Gasteiger partial charge in [-0.2, -0.15) is 0 Å². The number of rotatable bonds is 8. The van der Waals surface area contributed by atoms with Gasteiger partial charge in [0.05, 0.1) is 24.5 Å². The molecular formula is C33H44O15. The molecule has 1 saturated carbocycles. The van der Waals surface area contributed by atoms with Gasteiger partial charge in [0.25, 0.3) is 0 Å². The first-order valence-electron chi connectivity index (χ1n) is 15.8. The molecule has 2 aliphatic heterocycles. The van der Waals surface area contributed by atoms with Crippen molar-refractivity contribution in [2.24, 2.45) is 23.2 Å².